The molecule has 1 aromatic carbocycles. The van der Waals surface area contributed by atoms with E-state index in [0.29, 0.717) is 5.69 Å². The molecule has 0 amide bonds. The Balaban J connectivity index is 2.34. The number of rotatable bonds is 4. The number of pyridine rings is 1. The number of hydrogen-bond donors (Lipinski definition) is 1. The molecule has 0 aliphatic rings. The molecule has 0 spiro atoms. The molecule has 0 aliphatic carbocycles. The summed E-state index contributed by atoms with van der Waals surface area (Å²) in [7, 11) is 0. The van der Waals surface area contributed by atoms with Crippen molar-refractivity contribution in [3.05, 3.63) is 56.6 Å². The number of nitro benzene ring substituents is 1. The zero-order chi connectivity index (χ0) is 15.6. The van der Waals surface area contributed by atoms with Crippen LogP contribution in [0.25, 0.3) is 0 Å². The fourth-order valence-electron chi connectivity index (χ4n) is 1.57. The highest BCUT2D eigenvalue weighted by Gasteiger charge is 2.19. The van der Waals surface area contributed by atoms with Gasteiger partial charge in [0.15, 0.2) is 0 Å². The van der Waals surface area contributed by atoms with E-state index >= 15 is 0 Å². The highest BCUT2D eigenvalue weighted by atomic mass is 79.9. The fourth-order valence-corrected chi connectivity index (χ4v) is 1.90. The van der Waals surface area contributed by atoms with Crippen LogP contribution in [0.2, 0.25) is 0 Å². The van der Waals surface area contributed by atoms with E-state index in [1.165, 1.54) is 18.3 Å². The van der Waals surface area contributed by atoms with Crippen LogP contribution in [0.5, 0.6) is 11.5 Å². The lowest BCUT2D eigenvalue weighted by Crippen LogP contribution is -1.97. The van der Waals surface area contributed by atoms with E-state index in [9.17, 15) is 19.6 Å². The van der Waals surface area contributed by atoms with E-state index in [1.807, 2.05) is 0 Å². The van der Waals surface area contributed by atoms with Crippen LogP contribution in [-0.4, -0.2) is 15.0 Å². The van der Waals surface area contributed by atoms with Gasteiger partial charge in [0.25, 0.3) is 0 Å². The van der Waals surface area contributed by atoms with Crippen molar-refractivity contribution in [3.63, 3.8) is 0 Å². The van der Waals surface area contributed by atoms with Gasteiger partial charge < -0.3 is 9.84 Å². The van der Waals surface area contributed by atoms with E-state index in [4.69, 9.17) is 4.74 Å². The fraction of sp³-hybridized carbons (Fsp3) is 0.154. The number of nitro groups is 1. The first-order chi connectivity index (χ1) is 9.88. The third kappa shape index (κ3) is 3.53. The molecule has 0 aliphatic heterocycles. The molecule has 0 saturated carbocycles. The first kappa shape index (κ1) is 15.3. The van der Waals surface area contributed by atoms with E-state index in [0.717, 1.165) is 12.1 Å². The highest BCUT2D eigenvalue weighted by molar-refractivity contribution is 9.10. The molecule has 1 atom stereocenters. The molecule has 0 saturated heterocycles. The van der Waals surface area contributed by atoms with Crippen molar-refractivity contribution in [1.82, 2.24) is 4.98 Å². The van der Waals surface area contributed by atoms with Crippen LogP contribution < -0.4 is 4.74 Å². The molecule has 0 unspecified atom stereocenters. The average Bonchev–Trinajstić information content (AvgIpc) is 2.43. The standard InChI is InChI=1S/C13H10BrFN2O4/c1-7(18)11-3-2-8(6-16-11)21-13-5-10(15)9(14)4-12(13)17(19)20/h2-7,18H,1H3/t7-/m1/s1. The Morgan fingerprint density at radius 2 is 2.19 bits per heavy atom. The van der Waals surface area contributed by atoms with Crippen LogP contribution >= 0.6 is 15.9 Å². The Morgan fingerprint density at radius 3 is 2.71 bits per heavy atom. The maximum Gasteiger partial charge on any atom is 0.312 e. The summed E-state index contributed by atoms with van der Waals surface area (Å²) in [5.41, 5.74) is 0.0571. The van der Waals surface area contributed by atoms with Crippen LogP contribution in [0, 0.1) is 15.9 Å². The van der Waals surface area contributed by atoms with Crippen molar-refractivity contribution in [2.45, 2.75) is 13.0 Å². The first-order valence-corrected chi connectivity index (χ1v) is 6.63. The summed E-state index contributed by atoms with van der Waals surface area (Å²) in [6.45, 7) is 1.55. The molecule has 0 bridgehead atoms. The van der Waals surface area contributed by atoms with Gasteiger partial charge in [0.05, 0.1) is 27.4 Å². The van der Waals surface area contributed by atoms with Gasteiger partial charge in [-0.3, -0.25) is 15.1 Å². The van der Waals surface area contributed by atoms with Gasteiger partial charge in [-0.15, -0.1) is 0 Å². The third-order valence-corrected chi connectivity index (χ3v) is 3.22. The van der Waals surface area contributed by atoms with Gasteiger partial charge in [0, 0.05) is 12.1 Å². The lowest BCUT2D eigenvalue weighted by Gasteiger charge is -2.08. The number of aliphatic hydroxyl groups is 1. The van der Waals surface area contributed by atoms with Crippen molar-refractivity contribution in [2.75, 3.05) is 0 Å². The number of ether oxygens (including phenoxy) is 1. The number of halogens is 2. The topological polar surface area (TPSA) is 85.5 Å². The van der Waals surface area contributed by atoms with Gasteiger partial charge in [-0.2, -0.15) is 0 Å². The predicted molar refractivity (Wildman–Crippen MR) is 75.7 cm³/mol. The Bertz CT molecular complexity index is 677. The van der Waals surface area contributed by atoms with Crippen molar-refractivity contribution in [2.24, 2.45) is 0 Å². The molecule has 1 aromatic heterocycles. The minimum Gasteiger partial charge on any atom is -0.448 e. The smallest absolute Gasteiger partial charge is 0.312 e. The summed E-state index contributed by atoms with van der Waals surface area (Å²) in [5.74, 6) is -0.708. The summed E-state index contributed by atoms with van der Waals surface area (Å²) in [6.07, 6.45) is 0.560. The predicted octanol–water partition coefficient (Wildman–Crippen LogP) is 3.74. The van der Waals surface area contributed by atoms with Crippen molar-refractivity contribution in [1.29, 1.82) is 0 Å². The molecule has 6 nitrogen and oxygen atoms in total. The highest BCUT2D eigenvalue weighted by Crippen LogP contribution is 2.35. The molecule has 0 fully saturated rings. The van der Waals surface area contributed by atoms with Gasteiger partial charge in [0.1, 0.15) is 11.6 Å². The Labute approximate surface area is 127 Å². The lowest BCUT2D eigenvalue weighted by atomic mass is 10.2. The zero-order valence-electron chi connectivity index (χ0n) is 10.8. The second-order valence-corrected chi connectivity index (χ2v) is 5.04. The van der Waals surface area contributed by atoms with Gasteiger partial charge in [-0.1, -0.05) is 0 Å². The van der Waals surface area contributed by atoms with Crippen LogP contribution in [0.1, 0.15) is 18.7 Å². The SMILES string of the molecule is C[C@@H](O)c1ccc(Oc2cc(F)c(Br)cc2[N+](=O)[O-])cn1. The third-order valence-electron chi connectivity index (χ3n) is 2.61. The molecule has 1 heterocycles. The van der Waals surface area contributed by atoms with E-state index < -0.39 is 16.8 Å². The summed E-state index contributed by atoms with van der Waals surface area (Å²) >= 11 is 2.88. The lowest BCUT2D eigenvalue weighted by molar-refractivity contribution is -0.385. The number of nitrogens with zero attached hydrogens (tertiary/aromatic N) is 2. The van der Waals surface area contributed by atoms with Crippen molar-refractivity contribution >= 4 is 21.6 Å². The van der Waals surface area contributed by atoms with Crippen LogP contribution in [0.15, 0.2) is 34.9 Å². The molecular weight excluding hydrogens is 347 g/mol. The molecule has 2 rings (SSSR count). The minimum absolute atomic E-state index is 0.0240. The number of aromatic nitrogens is 1. The quantitative estimate of drug-likeness (QED) is 0.666. The number of hydrogen-bond acceptors (Lipinski definition) is 5. The molecule has 8 heteroatoms. The normalized spacial score (nSPS) is 12.0. The second kappa shape index (κ2) is 6.15. The number of aliphatic hydroxyl groups excluding tert-OH is 1. The summed E-state index contributed by atoms with van der Waals surface area (Å²) in [6, 6.07) is 4.95. The van der Waals surface area contributed by atoms with Gasteiger partial charge in [0.2, 0.25) is 5.75 Å². The Hall–Kier alpha value is -2.06. The van der Waals surface area contributed by atoms with Crippen LogP contribution in [-0.2, 0) is 0 Å². The molecule has 1 N–H and O–H groups in total. The van der Waals surface area contributed by atoms with Gasteiger partial charge in [-0.25, -0.2) is 4.39 Å². The monoisotopic (exact) mass is 356 g/mol. The van der Waals surface area contributed by atoms with Gasteiger partial charge >= 0.3 is 5.69 Å². The van der Waals surface area contributed by atoms with Gasteiger partial charge in [-0.05, 0) is 35.0 Å². The summed E-state index contributed by atoms with van der Waals surface area (Å²) in [4.78, 5) is 14.2. The molecule has 2 aromatic rings. The minimum atomic E-state index is -0.737. The van der Waals surface area contributed by atoms with E-state index in [1.54, 1.807) is 6.92 Å². The second-order valence-electron chi connectivity index (χ2n) is 4.19. The summed E-state index contributed by atoms with van der Waals surface area (Å²) < 4.78 is 18.8. The zero-order valence-corrected chi connectivity index (χ0v) is 12.4. The van der Waals surface area contributed by atoms with Crippen LogP contribution in [0.3, 0.4) is 0 Å². The van der Waals surface area contributed by atoms with Crippen molar-refractivity contribution in [3.8, 4) is 11.5 Å². The molecular formula is C13H10BrFN2O4. The maximum atomic E-state index is 13.5. The summed E-state index contributed by atoms with van der Waals surface area (Å²) in [5, 5.41) is 20.3. The molecule has 0 radical (unpaired) electrons. The largest absolute Gasteiger partial charge is 0.448 e. The Morgan fingerprint density at radius 1 is 1.48 bits per heavy atom. The van der Waals surface area contributed by atoms with Crippen molar-refractivity contribution < 1.29 is 19.2 Å². The average molecular weight is 357 g/mol. The van der Waals surface area contributed by atoms with E-state index in [2.05, 4.69) is 20.9 Å². The molecule has 110 valence electrons. The van der Waals surface area contributed by atoms with E-state index in [-0.39, 0.29) is 21.7 Å². The van der Waals surface area contributed by atoms with Crippen LogP contribution in [0.4, 0.5) is 10.1 Å². The first-order valence-electron chi connectivity index (χ1n) is 5.84. The maximum absolute atomic E-state index is 13.5. The molecule has 21 heavy (non-hydrogen) atoms. The number of benzene rings is 1. The Kier molecular flexibility index (Phi) is 4.49.